The van der Waals surface area contributed by atoms with Gasteiger partial charge in [0, 0.05) is 7.97 Å². The Hall–Kier alpha value is -2.90. The van der Waals surface area contributed by atoms with Crippen LogP contribution in [0.4, 0.5) is 5.69 Å². The van der Waals surface area contributed by atoms with E-state index in [0.29, 0.717) is 5.75 Å². The van der Waals surface area contributed by atoms with Crippen LogP contribution in [-0.2, 0) is 6.54 Å². The molecule has 1 heterocycles. The lowest BCUT2D eigenvalue weighted by atomic mass is 10.2. The molecule has 0 atom stereocenters. The van der Waals surface area contributed by atoms with Gasteiger partial charge < -0.3 is 10.1 Å². The summed E-state index contributed by atoms with van der Waals surface area (Å²) in [5.41, 5.74) is 0.335. The van der Waals surface area contributed by atoms with Gasteiger partial charge in [-0.3, -0.25) is 20.0 Å². The molecule has 8 nitrogen and oxygen atoms in total. The fourth-order valence-electron chi connectivity index (χ4n) is 1.60. The zero-order chi connectivity index (χ0) is 14.5. The second kappa shape index (κ2) is 5.83. The summed E-state index contributed by atoms with van der Waals surface area (Å²) in [4.78, 5) is 21.8. The molecule has 0 unspecified atom stereocenters. The van der Waals surface area contributed by atoms with Crippen molar-refractivity contribution >= 4 is 11.6 Å². The van der Waals surface area contributed by atoms with Gasteiger partial charge in [0.1, 0.15) is 11.9 Å². The number of aromatic nitrogens is 2. The maximum atomic E-state index is 11.8. The lowest BCUT2D eigenvalue weighted by Crippen LogP contribution is -2.23. The first-order valence-corrected chi connectivity index (χ1v) is 5.70. The van der Waals surface area contributed by atoms with E-state index in [1.165, 1.54) is 0 Å². The molecule has 0 aliphatic carbocycles. The number of methoxy groups -OCH3 is 1. The Morgan fingerprint density at radius 2 is 2.20 bits per heavy atom. The number of carbonyl (C=O) groups is 1. The van der Waals surface area contributed by atoms with E-state index in [1.807, 2.05) is 0 Å². The highest BCUT2D eigenvalue weighted by atomic mass is 16.6. The average molecular weight is 278 g/mol. The fraction of sp³-hybridized carbons (Fsp3) is 0.167. The molecule has 0 spiro atoms. The minimum atomic E-state index is -0.661. The van der Waals surface area contributed by atoms with Gasteiger partial charge in [0.2, 0.25) is 5.69 Å². The number of carbonyl (C=O) groups excluding carboxylic acids is 1. The third-order valence-electron chi connectivity index (χ3n) is 2.66. The highest BCUT2D eigenvalue weighted by molar-refractivity contribution is 5.95. The van der Waals surface area contributed by atoms with Crippen molar-refractivity contribution in [2.45, 2.75) is 6.54 Å². The summed E-state index contributed by atoms with van der Waals surface area (Å²) in [6.07, 6.45) is 1.00. The highest BCUT2D eigenvalue weighted by Crippen LogP contribution is 2.15. The van der Waals surface area contributed by atoms with Crippen molar-refractivity contribution in [1.82, 2.24) is 15.5 Å². The first-order chi connectivity index (χ1) is 9.61. The Morgan fingerprint density at radius 3 is 2.80 bits per heavy atom. The smallest absolute Gasteiger partial charge is 0.319 e. The molecule has 1 amide bonds. The van der Waals surface area contributed by atoms with Crippen LogP contribution in [-0.4, -0.2) is 28.1 Å². The van der Waals surface area contributed by atoms with Crippen LogP contribution in [0.15, 0.2) is 30.5 Å². The molecule has 0 saturated carbocycles. The van der Waals surface area contributed by atoms with Crippen LogP contribution in [0.5, 0.6) is 5.75 Å². The van der Waals surface area contributed by atoms with Crippen LogP contribution in [0.2, 0.25) is 0 Å². The van der Waals surface area contributed by atoms with Gasteiger partial charge in [-0.25, -0.2) is 0 Å². The van der Waals surface area contributed by atoms with E-state index in [-0.39, 0.29) is 19.4 Å². The number of ether oxygens (including phenoxy) is 1. The lowest BCUT2D eigenvalue weighted by Gasteiger charge is -2.05. The Balaban J connectivity index is 0.00000220. The van der Waals surface area contributed by atoms with Gasteiger partial charge >= 0.3 is 5.69 Å². The van der Waals surface area contributed by atoms with Gasteiger partial charge in [-0.05, 0) is 17.7 Å². The summed E-state index contributed by atoms with van der Waals surface area (Å²) in [6.45, 7) is 0.249. The summed E-state index contributed by atoms with van der Waals surface area (Å²) >= 11 is 0. The number of rotatable bonds is 5. The number of nitro groups is 1. The van der Waals surface area contributed by atoms with E-state index in [0.717, 1.165) is 11.8 Å². The van der Waals surface area contributed by atoms with Crippen LogP contribution in [0.1, 0.15) is 17.5 Å². The summed E-state index contributed by atoms with van der Waals surface area (Å²) in [7, 11) is 1.56. The topological polar surface area (TPSA) is 110 Å². The Labute approximate surface area is 115 Å². The lowest BCUT2D eigenvalue weighted by molar-refractivity contribution is -0.385. The molecule has 2 N–H and O–H groups in total. The third-order valence-corrected chi connectivity index (χ3v) is 2.66. The minimum absolute atomic E-state index is 0. The number of H-pyrrole nitrogens is 1. The van der Waals surface area contributed by atoms with E-state index in [2.05, 4.69) is 15.5 Å². The predicted octanol–water partition coefficient (Wildman–Crippen LogP) is 1.50. The van der Waals surface area contributed by atoms with Gasteiger partial charge in [0.15, 0.2) is 0 Å². The van der Waals surface area contributed by atoms with Crippen LogP contribution in [0.3, 0.4) is 0 Å². The van der Waals surface area contributed by atoms with Crippen LogP contribution >= 0.6 is 0 Å². The first-order valence-electron chi connectivity index (χ1n) is 5.70. The van der Waals surface area contributed by atoms with Crippen molar-refractivity contribution in [1.29, 1.82) is 0 Å². The monoisotopic (exact) mass is 278 g/mol. The molecule has 0 saturated heterocycles. The minimum Gasteiger partial charge on any atom is -0.497 e. The van der Waals surface area contributed by atoms with Crippen molar-refractivity contribution < 1.29 is 15.9 Å². The molecule has 2 rings (SSSR count). The zero-order valence-corrected chi connectivity index (χ0v) is 10.6. The van der Waals surface area contributed by atoms with Crippen molar-refractivity contribution in [3.05, 3.63) is 51.8 Å². The number of amides is 1. The molecule has 8 heteroatoms. The fourth-order valence-corrected chi connectivity index (χ4v) is 1.60. The molecule has 0 fully saturated rings. The first kappa shape index (κ1) is 13.5. The van der Waals surface area contributed by atoms with E-state index in [9.17, 15) is 14.9 Å². The molecular weight excluding hydrogens is 264 g/mol. The molecule has 20 heavy (non-hydrogen) atoms. The summed E-state index contributed by atoms with van der Waals surface area (Å²) in [5, 5.41) is 19.1. The largest absolute Gasteiger partial charge is 0.497 e. The van der Waals surface area contributed by atoms with E-state index in [4.69, 9.17) is 4.74 Å². The molecule has 0 aliphatic heterocycles. The third kappa shape index (κ3) is 2.91. The molecule has 2 aromatic rings. The Bertz CT molecular complexity index is 626. The van der Waals surface area contributed by atoms with E-state index in [1.54, 1.807) is 31.4 Å². The summed E-state index contributed by atoms with van der Waals surface area (Å²) in [5.74, 6) is 0.134. The van der Waals surface area contributed by atoms with Gasteiger partial charge in [0.05, 0.1) is 12.0 Å². The molecule has 106 valence electrons. The van der Waals surface area contributed by atoms with E-state index >= 15 is 0 Å². The van der Waals surface area contributed by atoms with Gasteiger partial charge in [-0.1, -0.05) is 12.1 Å². The molecule has 0 aliphatic rings. The Kier molecular flexibility index (Phi) is 3.94. The van der Waals surface area contributed by atoms with Gasteiger partial charge in [0.25, 0.3) is 5.91 Å². The average Bonchev–Trinajstić information content (AvgIpc) is 2.95. The quantitative estimate of drug-likeness (QED) is 0.636. The normalized spacial score (nSPS) is 10.1. The second-order valence-corrected chi connectivity index (χ2v) is 3.92. The summed E-state index contributed by atoms with van der Waals surface area (Å²) < 4.78 is 5.02. The van der Waals surface area contributed by atoms with Crippen LogP contribution in [0, 0.1) is 10.1 Å². The maximum absolute atomic E-state index is 11.8. The molecule has 0 radical (unpaired) electrons. The molecule has 1 aromatic heterocycles. The SMILES string of the molecule is COc1ccc(CNC(=O)c2[nH]ncc2[N+](=O)[O-])cc1.[HH]. The predicted molar refractivity (Wildman–Crippen MR) is 71.5 cm³/mol. The van der Waals surface area contributed by atoms with Crippen molar-refractivity contribution in [3.8, 4) is 5.75 Å². The summed E-state index contributed by atoms with van der Waals surface area (Å²) in [6, 6.07) is 7.11. The Morgan fingerprint density at radius 1 is 1.50 bits per heavy atom. The van der Waals surface area contributed by atoms with Gasteiger partial charge in [-0.2, -0.15) is 5.10 Å². The number of hydrogen-bond donors (Lipinski definition) is 2. The number of aromatic amines is 1. The number of nitrogens with zero attached hydrogens (tertiary/aromatic N) is 2. The van der Waals surface area contributed by atoms with Crippen molar-refractivity contribution in [2.24, 2.45) is 0 Å². The molecule has 0 bridgehead atoms. The standard InChI is InChI=1S/C12H12N4O4.H2/c1-20-9-4-2-8(3-5-9)6-13-12(17)11-10(16(18)19)7-14-15-11;/h2-5,7H,6H2,1H3,(H,13,17)(H,14,15);1H. The maximum Gasteiger partial charge on any atom is 0.319 e. The number of hydrogen-bond acceptors (Lipinski definition) is 5. The van der Waals surface area contributed by atoms with Crippen LogP contribution < -0.4 is 10.1 Å². The van der Waals surface area contributed by atoms with Crippen molar-refractivity contribution in [2.75, 3.05) is 7.11 Å². The van der Waals surface area contributed by atoms with E-state index < -0.39 is 10.8 Å². The molecule has 1 aromatic carbocycles. The van der Waals surface area contributed by atoms with Gasteiger partial charge in [-0.15, -0.1) is 0 Å². The second-order valence-electron chi connectivity index (χ2n) is 3.92. The molecular formula is C12H14N4O4. The number of nitrogens with one attached hydrogen (secondary N) is 2. The van der Waals surface area contributed by atoms with Crippen LogP contribution in [0.25, 0.3) is 0 Å². The number of benzene rings is 1. The zero-order valence-electron chi connectivity index (χ0n) is 10.6. The highest BCUT2D eigenvalue weighted by Gasteiger charge is 2.22. The van der Waals surface area contributed by atoms with Crippen molar-refractivity contribution in [3.63, 3.8) is 0 Å².